The molecule has 0 spiro atoms. The molecule has 0 aromatic heterocycles. The van der Waals surface area contributed by atoms with Crippen LogP contribution in [-0.2, 0) is 6.54 Å². The highest BCUT2D eigenvalue weighted by Crippen LogP contribution is 2.22. The molecule has 21 heavy (non-hydrogen) atoms. The molecular weight excluding hydrogens is 292 g/mol. The van der Waals surface area contributed by atoms with Crippen molar-refractivity contribution < 1.29 is 4.92 Å². The Morgan fingerprint density at radius 3 is 2.90 bits per heavy atom. The summed E-state index contributed by atoms with van der Waals surface area (Å²) in [6.45, 7) is 4.36. The number of nitrogens with zero attached hydrogens (tertiary/aromatic N) is 3. The number of halogens is 1. The lowest BCUT2D eigenvalue weighted by Crippen LogP contribution is -2.53. The molecular formula is C14H21ClN4O2. The quantitative estimate of drug-likeness (QED) is 0.661. The fourth-order valence-corrected chi connectivity index (χ4v) is 2.76. The number of nitrogens with one attached hydrogen (secondary N) is 1. The minimum atomic E-state index is -0.367. The van der Waals surface area contributed by atoms with Gasteiger partial charge in [0, 0.05) is 55.4 Å². The van der Waals surface area contributed by atoms with Gasteiger partial charge in [0.1, 0.15) is 0 Å². The van der Waals surface area contributed by atoms with Gasteiger partial charge in [-0.25, -0.2) is 0 Å². The Hall–Kier alpha value is -1.21. The van der Waals surface area contributed by atoms with Crippen LogP contribution in [-0.4, -0.2) is 61.0 Å². The molecule has 1 aliphatic heterocycles. The minimum absolute atomic E-state index is 0.112. The number of likely N-dealkylation sites (N-methyl/N-ethyl adjacent to an activating group) is 2. The Morgan fingerprint density at radius 1 is 1.43 bits per heavy atom. The van der Waals surface area contributed by atoms with Gasteiger partial charge in [0.15, 0.2) is 0 Å². The topological polar surface area (TPSA) is 61.6 Å². The van der Waals surface area contributed by atoms with E-state index in [1.807, 2.05) is 0 Å². The normalized spacial score (nSPS) is 20.6. The monoisotopic (exact) mass is 312 g/mol. The molecule has 0 radical (unpaired) electrons. The van der Waals surface area contributed by atoms with E-state index in [-0.39, 0.29) is 10.6 Å². The number of benzene rings is 1. The molecule has 0 saturated carbocycles. The van der Waals surface area contributed by atoms with Crippen molar-refractivity contribution in [3.05, 3.63) is 38.9 Å². The molecule has 1 fully saturated rings. The van der Waals surface area contributed by atoms with E-state index in [4.69, 9.17) is 11.6 Å². The molecule has 1 atom stereocenters. The third-order valence-corrected chi connectivity index (χ3v) is 4.15. The summed E-state index contributed by atoms with van der Waals surface area (Å²) in [7, 11) is 4.23. The third-order valence-electron chi connectivity index (χ3n) is 3.91. The lowest BCUT2D eigenvalue weighted by atomic mass is 10.1. The maximum Gasteiger partial charge on any atom is 0.273 e. The van der Waals surface area contributed by atoms with Gasteiger partial charge in [-0.1, -0.05) is 11.6 Å². The van der Waals surface area contributed by atoms with Crippen molar-refractivity contribution in [3.8, 4) is 0 Å². The van der Waals surface area contributed by atoms with Gasteiger partial charge in [0.05, 0.1) is 4.92 Å². The largest absolute Gasteiger partial charge is 0.311 e. The first-order chi connectivity index (χ1) is 9.97. The standard InChI is InChI=1S/C14H21ClN4O2/c1-17-5-6-18(2)13(10-17)9-16-8-11-7-12(15)3-4-14(11)19(20)21/h3-4,7,13,16H,5-6,8-10H2,1-2H3. The first-order valence-corrected chi connectivity index (χ1v) is 7.37. The Bertz CT molecular complexity index is 512. The second kappa shape index (κ2) is 7.17. The second-order valence-corrected chi connectivity index (χ2v) is 5.99. The van der Waals surface area contributed by atoms with Crippen LogP contribution in [0.25, 0.3) is 0 Å². The highest BCUT2D eigenvalue weighted by atomic mass is 35.5. The van der Waals surface area contributed by atoms with Crippen LogP contribution in [0.2, 0.25) is 5.02 Å². The number of nitro groups is 1. The van der Waals surface area contributed by atoms with Crippen LogP contribution in [0.4, 0.5) is 5.69 Å². The van der Waals surface area contributed by atoms with Crippen molar-refractivity contribution in [1.82, 2.24) is 15.1 Å². The van der Waals surface area contributed by atoms with Crippen molar-refractivity contribution in [3.63, 3.8) is 0 Å². The molecule has 1 heterocycles. The summed E-state index contributed by atoms with van der Waals surface area (Å²) in [4.78, 5) is 15.3. The summed E-state index contributed by atoms with van der Waals surface area (Å²) < 4.78 is 0. The van der Waals surface area contributed by atoms with Crippen LogP contribution < -0.4 is 5.32 Å². The predicted molar refractivity (Wildman–Crippen MR) is 83.7 cm³/mol. The molecule has 0 bridgehead atoms. The molecule has 1 aliphatic rings. The lowest BCUT2D eigenvalue weighted by Gasteiger charge is -2.37. The van der Waals surface area contributed by atoms with Crippen molar-refractivity contribution in [1.29, 1.82) is 0 Å². The van der Waals surface area contributed by atoms with E-state index in [0.29, 0.717) is 23.2 Å². The Kier molecular flexibility index (Phi) is 5.52. The van der Waals surface area contributed by atoms with Crippen LogP contribution >= 0.6 is 11.6 Å². The zero-order valence-electron chi connectivity index (χ0n) is 12.4. The molecule has 7 heteroatoms. The molecule has 6 nitrogen and oxygen atoms in total. The van der Waals surface area contributed by atoms with Crippen LogP contribution in [0.15, 0.2) is 18.2 Å². The molecule has 1 unspecified atom stereocenters. The summed E-state index contributed by atoms with van der Waals surface area (Å²) >= 11 is 5.93. The highest BCUT2D eigenvalue weighted by Gasteiger charge is 2.22. The van der Waals surface area contributed by atoms with E-state index in [2.05, 4.69) is 29.2 Å². The maximum absolute atomic E-state index is 11.0. The zero-order chi connectivity index (χ0) is 15.4. The van der Waals surface area contributed by atoms with Crippen LogP contribution in [0.5, 0.6) is 0 Å². The molecule has 1 N–H and O–H groups in total. The van der Waals surface area contributed by atoms with Gasteiger partial charge in [-0.2, -0.15) is 0 Å². The highest BCUT2D eigenvalue weighted by molar-refractivity contribution is 6.30. The van der Waals surface area contributed by atoms with Crippen LogP contribution in [0.1, 0.15) is 5.56 Å². The van der Waals surface area contributed by atoms with E-state index < -0.39 is 0 Å². The minimum Gasteiger partial charge on any atom is -0.311 e. The fourth-order valence-electron chi connectivity index (χ4n) is 2.57. The number of piperazine rings is 1. The molecule has 0 aliphatic carbocycles. The second-order valence-electron chi connectivity index (χ2n) is 5.56. The fraction of sp³-hybridized carbons (Fsp3) is 0.571. The number of rotatable bonds is 5. The van der Waals surface area contributed by atoms with Gasteiger partial charge >= 0.3 is 0 Å². The van der Waals surface area contributed by atoms with Gasteiger partial charge < -0.3 is 10.2 Å². The van der Waals surface area contributed by atoms with E-state index >= 15 is 0 Å². The molecule has 1 aromatic carbocycles. The Morgan fingerprint density at radius 2 is 2.19 bits per heavy atom. The molecule has 2 rings (SSSR count). The van der Waals surface area contributed by atoms with Crippen LogP contribution in [0.3, 0.4) is 0 Å². The predicted octanol–water partition coefficient (Wildman–Crippen LogP) is 1.58. The summed E-state index contributed by atoms with van der Waals surface area (Å²) in [6, 6.07) is 5.08. The van der Waals surface area contributed by atoms with Crippen LogP contribution in [0, 0.1) is 10.1 Å². The van der Waals surface area contributed by atoms with Gasteiger partial charge in [-0.3, -0.25) is 15.0 Å². The van der Waals surface area contributed by atoms with E-state index in [1.165, 1.54) is 6.07 Å². The molecule has 1 saturated heterocycles. The van der Waals surface area contributed by atoms with E-state index in [1.54, 1.807) is 12.1 Å². The average Bonchev–Trinajstić information content (AvgIpc) is 2.42. The first kappa shape index (κ1) is 16.2. The van der Waals surface area contributed by atoms with Crippen molar-refractivity contribution in [2.45, 2.75) is 12.6 Å². The summed E-state index contributed by atoms with van der Waals surface area (Å²) in [6.07, 6.45) is 0. The maximum atomic E-state index is 11.0. The smallest absolute Gasteiger partial charge is 0.273 e. The van der Waals surface area contributed by atoms with Gasteiger partial charge in [0.25, 0.3) is 5.69 Å². The van der Waals surface area contributed by atoms with E-state index in [9.17, 15) is 10.1 Å². The summed E-state index contributed by atoms with van der Waals surface area (Å²) in [5.74, 6) is 0. The Balaban J connectivity index is 1.94. The van der Waals surface area contributed by atoms with E-state index in [0.717, 1.165) is 26.2 Å². The number of hydrogen-bond acceptors (Lipinski definition) is 5. The molecule has 116 valence electrons. The molecule has 1 aromatic rings. The molecule has 0 amide bonds. The number of hydrogen-bond donors (Lipinski definition) is 1. The third kappa shape index (κ3) is 4.38. The van der Waals surface area contributed by atoms with Crippen molar-refractivity contribution in [2.75, 3.05) is 40.3 Å². The van der Waals surface area contributed by atoms with Crippen molar-refractivity contribution >= 4 is 17.3 Å². The van der Waals surface area contributed by atoms with Gasteiger partial charge in [-0.05, 0) is 26.2 Å². The summed E-state index contributed by atoms with van der Waals surface area (Å²) in [5.41, 5.74) is 0.736. The lowest BCUT2D eigenvalue weighted by molar-refractivity contribution is -0.385. The Labute approximate surface area is 129 Å². The van der Waals surface area contributed by atoms with Gasteiger partial charge in [-0.15, -0.1) is 0 Å². The first-order valence-electron chi connectivity index (χ1n) is 6.99. The van der Waals surface area contributed by atoms with Crippen molar-refractivity contribution in [2.24, 2.45) is 0 Å². The average molecular weight is 313 g/mol. The SMILES string of the molecule is CN1CCN(C)C(CNCc2cc(Cl)ccc2[N+](=O)[O-])C1. The zero-order valence-corrected chi connectivity index (χ0v) is 13.1. The van der Waals surface area contributed by atoms with Gasteiger partial charge in [0.2, 0.25) is 0 Å². The number of nitro benzene ring substituents is 1. The summed E-state index contributed by atoms with van der Waals surface area (Å²) in [5, 5.41) is 14.8.